The highest BCUT2D eigenvalue weighted by Crippen LogP contribution is 2.16. The molecule has 1 aromatic heterocycles. The second-order valence-electron chi connectivity index (χ2n) is 10.5. The Kier molecular flexibility index (Phi) is 9.73. The number of nitrogens with zero attached hydrogens (tertiary/aromatic N) is 4. The Morgan fingerprint density at radius 2 is 0.786 bits per heavy atom. The molecular formula is C35H36N4O3. The molecule has 0 spiro atoms. The molecule has 42 heavy (non-hydrogen) atoms. The van der Waals surface area contributed by atoms with Gasteiger partial charge in [0.1, 0.15) is 0 Å². The smallest absolute Gasteiger partial charge is 0.254 e. The summed E-state index contributed by atoms with van der Waals surface area (Å²) in [7, 11) is 0. The van der Waals surface area contributed by atoms with Crippen LogP contribution in [-0.4, -0.2) is 63.6 Å². The summed E-state index contributed by atoms with van der Waals surface area (Å²) in [5.74, 6) is -0.148. The van der Waals surface area contributed by atoms with Crippen LogP contribution < -0.4 is 0 Å². The van der Waals surface area contributed by atoms with Crippen molar-refractivity contribution in [3.8, 4) is 0 Å². The number of carbonyl (C=O) groups excluding carboxylic acids is 3. The molecule has 0 saturated heterocycles. The molecule has 0 fully saturated rings. The van der Waals surface area contributed by atoms with Crippen LogP contribution in [0.15, 0.2) is 109 Å². The minimum atomic E-state index is -0.0751. The molecule has 3 aromatic carbocycles. The number of rotatable bonds is 3. The second-order valence-corrected chi connectivity index (χ2v) is 10.5. The van der Waals surface area contributed by atoms with Crippen molar-refractivity contribution in [2.24, 2.45) is 0 Å². The molecule has 3 amide bonds. The van der Waals surface area contributed by atoms with Crippen molar-refractivity contribution < 1.29 is 14.4 Å². The van der Waals surface area contributed by atoms with E-state index in [1.54, 1.807) is 4.90 Å². The summed E-state index contributed by atoms with van der Waals surface area (Å²) in [4.78, 5) is 51.0. The van der Waals surface area contributed by atoms with Gasteiger partial charge in [0.25, 0.3) is 17.7 Å². The van der Waals surface area contributed by atoms with Gasteiger partial charge in [0.05, 0.1) is 24.5 Å². The number of amides is 3. The van der Waals surface area contributed by atoms with Gasteiger partial charge in [-0.15, -0.1) is 0 Å². The van der Waals surface area contributed by atoms with Gasteiger partial charge in [-0.2, -0.15) is 0 Å². The van der Waals surface area contributed by atoms with Gasteiger partial charge < -0.3 is 14.7 Å². The minimum Gasteiger partial charge on any atom is -0.339 e. The maximum atomic E-state index is 13.6. The number of aromatic nitrogens is 1. The lowest BCUT2D eigenvalue weighted by Gasteiger charge is -2.26. The predicted molar refractivity (Wildman–Crippen MR) is 163 cm³/mol. The van der Waals surface area contributed by atoms with Crippen molar-refractivity contribution in [3.63, 3.8) is 0 Å². The van der Waals surface area contributed by atoms with E-state index >= 15 is 0 Å². The Balaban J connectivity index is 1.43. The van der Waals surface area contributed by atoms with Gasteiger partial charge in [-0.3, -0.25) is 19.4 Å². The van der Waals surface area contributed by atoms with Crippen molar-refractivity contribution >= 4 is 17.7 Å². The zero-order chi connectivity index (χ0) is 29.1. The van der Waals surface area contributed by atoms with Gasteiger partial charge in [0, 0.05) is 42.9 Å². The van der Waals surface area contributed by atoms with E-state index in [1.807, 2.05) is 119 Å². The fourth-order valence-corrected chi connectivity index (χ4v) is 5.26. The molecule has 2 heterocycles. The topological polar surface area (TPSA) is 73.8 Å². The van der Waals surface area contributed by atoms with Crippen LogP contribution >= 0.6 is 0 Å². The maximum absolute atomic E-state index is 13.6. The van der Waals surface area contributed by atoms with E-state index < -0.39 is 0 Å². The molecule has 5 rings (SSSR count). The van der Waals surface area contributed by atoms with Crippen molar-refractivity contribution in [1.82, 2.24) is 19.7 Å². The van der Waals surface area contributed by atoms with Crippen LogP contribution in [0.1, 0.15) is 61.7 Å². The highest BCUT2D eigenvalue weighted by molar-refractivity contribution is 5.95. The van der Waals surface area contributed by atoms with Gasteiger partial charge in [-0.25, -0.2) is 0 Å². The molecule has 0 saturated carbocycles. The lowest BCUT2D eigenvalue weighted by atomic mass is 10.1. The van der Waals surface area contributed by atoms with E-state index in [2.05, 4.69) is 0 Å². The maximum Gasteiger partial charge on any atom is 0.254 e. The highest BCUT2D eigenvalue weighted by Gasteiger charge is 2.22. The number of pyridine rings is 1. The average Bonchev–Trinajstić information content (AvgIpc) is 3.05. The fraction of sp³-hybridized carbons (Fsp3) is 0.257. The van der Waals surface area contributed by atoms with Crippen LogP contribution in [0, 0.1) is 0 Å². The van der Waals surface area contributed by atoms with Gasteiger partial charge >= 0.3 is 0 Å². The zero-order valence-corrected chi connectivity index (χ0v) is 23.8. The minimum absolute atomic E-state index is 0.0219. The Morgan fingerprint density at radius 3 is 1.24 bits per heavy atom. The van der Waals surface area contributed by atoms with E-state index in [1.165, 1.54) is 0 Å². The normalized spacial score (nSPS) is 14.9. The molecular weight excluding hydrogens is 524 g/mol. The lowest BCUT2D eigenvalue weighted by Crippen LogP contribution is -2.37. The van der Waals surface area contributed by atoms with Crippen LogP contribution in [-0.2, 0) is 13.1 Å². The molecule has 0 radical (unpaired) electrons. The monoisotopic (exact) mass is 560 g/mol. The zero-order valence-electron chi connectivity index (χ0n) is 23.8. The van der Waals surface area contributed by atoms with Gasteiger partial charge in [0.15, 0.2) is 0 Å². The van der Waals surface area contributed by atoms with Crippen molar-refractivity contribution in [2.45, 2.75) is 32.4 Å². The molecule has 7 heteroatoms. The molecule has 4 aromatic rings. The average molecular weight is 561 g/mol. The standard InChI is InChI=1S/C35H36N4O3/c40-33(28-14-4-1-5-15-28)37-22-10-11-23-38(34(41)29-16-6-2-7-17-29)26-31-20-12-21-32(36-31)27-39(25-13-24-37)35(42)30-18-8-3-9-19-30/h1-9,12,14-21H,10-11,13,22-27H2. The van der Waals surface area contributed by atoms with Crippen LogP contribution in [0.25, 0.3) is 0 Å². The van der Waals surface area contributed by atoms with Crippen molar-refractivity contribution in [3.05, 3.63) is 137 Å². The number of benzene rings is 3. The van der Waals surface area contributed by atoms with Gasteiger partial charge in [0.2, 0.25) is 0 Å². The first-order valence-electron chi connectivity index (χ1n) is 14.6. The fourth-order valence-electron chi connectivity index (χ4n) is 5.26. The van der Waals surface area contributed by atoms with E-state index in [0.717, 1.165) is 24.2 Å². The van der Waals surface area contributed by atoms with Gasteiger partial charge in [-0.05, 0) is 67.8 Å². The summed E-state index contributed by atoms with van der Waals surface area (Å²) in [6.45, 7) is 2.82. The number of fused-ring (bicyclic) bond motifs is 2. The van der Waals surface area contributed by atoms with E-state index in [4.69, 9.17) is 4.98 Å². The molecule has 214 valence electrons. The second kappa shape index (κ2) is 14.2. The summed E-state index contributed by atoms with van der Waals surface area (Å²) in [6.07, 6.45) is 2.13. The Hall–Kier alpha value is -4.78. The summed E-state index contributed by atoms with van der Waals surface area (Å²) in [5, 5.41) is 0. The summed E-state index contributed by atoms with van der Waals surface area (Å²) >= 11 is 0. The Labute approximate surface area is 247 Å². The largest absolute Gasteiger partial charge is 0.339 e. The van der Waals surface area contributed by atoms with Crippen molar-refractivity contribution in [1.29, 1.82) is 0 Å². The SMILES string of the molecule is O=C(c1ccccc1)N1CCCCN(C(=O)c2ccccc2)Cc2cccc(n2)CN(C(=O)c2ccccc2)CCC1. The number of hydrogen-bond acceptors (Lipinski definition) is 4. The molecule has 1 aliphatic heterocycles. The first kappa shape index (κ1) is 28.7. The van der Waals surface area contributed by atoms with E-state index in [0.29, 0.717) is 62.4 Å². The third-order valence-electron chi connectivity index (χ3n) is 7.46. The first-order valence-corrected chi connectivity index (χ1v) is 14.6. The van der Waals surface area contributed by atoms with Crippen LogP contribution in [0.3, 0.4) is 0 Å². The lowest BCUT2D eigenvalue weighted by molar-refractivity contribution is 0.0692. The van der Waals surface area contributed by atoms with Crippen LogP contribution in [0.2, 0.25) is 0 Å². The molecule has 7 nitrogen and oxygen atoms in total. The third kappa shape index (κ3) is 7.49. The predicted octanol–water partition coefficient (Wildman–Crippen LogP) is 5.69. The van der Waals surface area contributed by atoms with Gasteiger partial charge in [-0.1, -0.05) is 60.7 Å². The summed E-state index contributed by atoms with van der Waals surface area (Å²) in [6, 6.07) is 33.6. The summed E-state index contributed by atoms with van der Waals surface area (Å²) < 4.78 is 0. The Morgan fingerprint density at radius 1 is 0.429 bits per heavy atom. The van der Waals surface area contributed by atoms with E-state index in [-0.39, 0.29) is 17.7 Å². The quantitative estimate of drug-likeness (QED) is 0.323. The Bertz CT molecular complexity index is 1480. The molecule has 0 unspecified atom stereocenters. The van der Waals surface area contributed by atoms with Crippen LogP contribution in [0.5, 0.6) is 0 Å². The molecule has 0 N–H and O–H groups in total. The van der Waals surface area contributed by atoms with E-state index in [9.17, 15) is 14.4 Å². The molecule has 0 aliphatic carbocycles. The summed E-state index contributed by atoms with van der Waals surface area (Å²) in [5.41, 5.74) is 3.43. The molecule has 1 aliphatic rings. The van der Waals surface area contributed by atoms with Crippen LogP contribution in [0.4, 0.5) is 0 Å². The first-order chi connectivity index (χ1) is 20.6. The number of carbonyl (C=O) groups is 3. The highest BCUT2D eigenvalue weighted by atomic mass is 16.2. The molecule has 2 bridgehead atoms. The number of hydrogen-bond donors (Lipinski definition) is 0. The van der Waals surface area contributed by atoms with Crippen molar-refractivity contribution in [2.75, 3.05) is 26.2 Å². The molecule has 0 atom stereocenters. The third-order valence-corrected chi connectivity index (χ3v) is 7.46.